The first-order chi connectivity index (χ1) is 6.75. The lowest BCUT2D eigenvalue weighted by Gasteiger charge is -2.14. The Morgan fingerprint density at radius 3 is 2.50 bits per heavy atom. The van der Waals surface area contributed by atoms with Crippen LogP contribution >= 0.6 is 23.2 Å². The van der Waals surface area contributed by atoms with Crippen LogP contribution in [0.15, 0.2) is 18.2 Å². The molecule has 14 heavy (non-hydrogen) atoms. The van der Waals surface area contributed by atoms with Crippen LogP contribution in [-0.4, -0.2) is 6.10 Å². The second-order valence-corrected chi connectivity index (χ2v) is 4.44. The summed E-state index contributed by atoms with van der Waals surface area (Å²) in [4.78, 5) is 0. The fraction of sp³-hybridized carbons (Fsp3) is 0.455. The number of rotatable bonds is 2. The monoisotopic (exact) mass is 230 g/mol. The Labute approximate surface area is 94.0 Å². The van der Waals surface area contributed by atoms with Gasteiger partial charge in [0.2, 0.25) is 0 Å². The molecule has 1 saturated carbocycles. The second kappa shape index (κ2) is 4.41. The van der Waals surface area contributed by atoms with Crippen molar-refractivity contribution >= 4 is 23.2 Å². The van der Waals surface area contributed by atoms with Crippen LogP contribution < -0.4 is 4.74 Å². The zero-order valence-electron chi connectivity index (χ0n) is 7.80. The summed E-state index contributed by atoms with van der Waals surface area (Å²) in [7, 11) is 0. The van der Waals surface area contributed by atoms with Gasteiger partial charge in [-0.15, -0.1) is 0 Å². The molecule has 1 aliphatic rings. The van der Waals surface area contributed by atoms with E-state index in [4.69, 9.17) is 27.9 Å². The fourth-order valence-corrected chi connectivity index (χ4v) is 2.21. The highest BCUT2D eigenvalue weighted by Crippen LogP contribution is 2.31. The summed E-state index contributed by atoms with van der Waals surface area (Å²) < 4.78 is 5.77. The van der Waals surface area contributed by atoms with E-state index in [9.17, 15) is 0 Å². The highest BCUT2D eigenvalue weighted by Gasteiger charge is 2.17. The molecule has 2 rings (SSSR count). The summed E-state index contributed by atoms with van der Waals surface area (Å²) in [6.45, 7) is 0. The second-order valence-electron chi connectivity index (χ2n) is 3.60. The summed E-state index contributed by atoms with van der Waals surface area (Å²) in [5.74, 6) is 0.753. The third kappa shape index (κ3) is 2.34. The Morgan fingerprint density at radius 2 is 1.86 bits per heavy atom. The zero-order valence-corrected chi connectivity index (χ0v) is 9.31. The third-order valence-electron chi connectivity index (χ3n) is 2.49. The lowest BCUT2D eigenvalue weighted by Crippen LogP contribution is -2.10. The molecular formula is C11H12Cl2O. The summed E-state index contributed by atoms with van der Waals surface area (Å²) in [5, 5.41) is 1.25. The number of ether oxygens (including phenoxy) is 1. The molecule has 0 unspecified atom stereocenters. The zero-order chi connectivity index (χ0) is 9.97. The highest BCUT2D eigenvalue weighted by molar-refractivity contribution is 6.35. The number of halogens is 2. The quantitative estimate of drug-likeness (QED) is 0.736. The van der Waals surface area contributed by atoms with E-state index in [1.165, 1.54) is 12.8 Å². The van der Waals surface area contributed by atoms with Gasteiger partial charge in [-0.05, 0) is 43.9 Å². The normalized spacial score (nSPS) is 17.3. The van der Waals surface area contributed by atoms with Crippen LogP contribution in [0.1, 0.15) is 25.7 Å². The number of benzene rings is 1. The van der Waals surface area contributed by atoms with Crippen molar-refractivity contribution < 1.29 is 4.74 Å². The van der Waals surface area contributed by atoms with Gasteiger partial charge < -0.3 is 4.74 Å². The Hall–Kier alpha value is -0.400. The van der Waals surface area contributed by atoms with Gasteiger partial charge in [0.25, 0.3) is 0 Å². The van der Waals surface area contributed by atoms with Gasteiger partial charge >= 0.3 is 0 Å². The lowest BCUT2D eigenvalue weighted by atomic mass is 10.3. The molecule has 76 valence electrons. The number of hydrogen-bond donors (Lipinski definition) is 0. The maximum atomic E-state index is 6.00. The number of hydrogen-bond acceptors (Lipinski definition) is 1. The smallest absolute Gasteiger partial charge is 0.138 e. The average molecular weight is 231 g/mol. The van der Waals surface area contributed by atoms with Gasteiger partial charge in [0.1, 0.15) is 5.75 Å². The highest BCUT2D eigenvalue weighted by atomic mass is 35.5. The molecule has 0 spiro atoms. The minimum absolute atomic E-state index is 0.341. The fourth-order valence-electron chi connectivity index (χ4n) is 1.76. The van der Waals surface area contributed by atoms with Gasteiger partial charge in [-0.3, -0.25) is 0 Å². The van der Waals surface area contributed by atoms with Crippen LogP contribution in [0.3, 0.4) is 0 Å². The molecule has 0 atom stereocenters. The van der Waals surface area contributed by atoms with Crippen molar-refractivity contribution in [2.45, 2.75) is 31.8 Å². The minimum Gasteiger partial charge on any atom is -0.489 e. The third-order valence-corrected chi connectivity index (χ3v) is 3.02. The van der Waals surface area contributed by atoms with Crippen LogP contribution in [0.25, 0.3) is 0 Å². The predicted octanol–water partition coefficient (Wildman–Crippen LogP) is 4.31. The van der Waals surface area contributed by atoms with Crippen LogP contribution in [0.5, 0.6) is 5.75 Å². The van der Waals surface area contributed by atoms with E-state index >= 15 is 0 Å². The largest absolute Gasteiger partial charge is 0.489 e. The maximum Gasteiger partial charge on any atom is 0.138 e. The Balaban J connectivity index is 2.08. The molecule has 1 nitrogen and oxygen atoms in total. The standard InChI is InChI=1S/C11H12Cl2O/c12-8-5-6-11(10(13)7-8)14-9-3-1-2-4-9/h5-7,9H,1-4H2. The van der Waals surface area contributed by atoms with Crippen LogP contribution in [0.4, 0.5) is 0 Å². The van der Waals surface area contributed by atoms with E-state index in [1.807, 2.05) is 6.07 Å². The van der Waals surface area contributed by atoms with Gasteiger partial charge in [-0.25, -0.2) is 0 Å². The van der Waals surface area contributed by atoms with Crippen molar-refractivity contribution in [1.82, 2.24) is 0 Å². The lowest BCUT2D eigenvalue weighted by molar-refractivity contribution is 0.210. The van der Waals surface area contributed by atoms with Gasteiger partial charge in [-0.1, -0.05) is 23.2 Å². The Morgan fingerprint density at radius 1 is 1.14 bits per heavy atom. The molecule has 0 aromatic heterocycles. The van der Waals surface area contributed by atoms with Crippen LogP contribution in [0, 0.1) is 0 Å². The van der Waals surface area contributed by atoms with Crippen molar-refractivity contribution in [1.29, 1.82) is 0 Å². The molecule has 1 fully saturated rings. The van der Waals surface area contributed by atoms with Gasteiger partial charge in [0, 0.05) is 5.02 Å². The van der Waals surface area contributed by atoms with Crippen molar-refractivity contribution in [3.8, 4) is 5.75 Å². The molecular weight excluding hydrogens is 219 g/mol. The Kier molecular flexibility index (Phi) is 3.19. The SMILES string of the molecule is Clc1ccc(OC2CCCC2)c(Cl)c1. The molecule has 0 bridgehead atoms. The molecule has 0 radical (unpaired) electrons. The molecule has 1 aromatic carbocycles. The summed E-state index contributed by atoms with van der Waals surface area (Å²) in [6, 6.07) is 5.36. The molecule has 3 heteroatoms. The van der Waals surface area contributed by atoms with Crippen molar-refractivity contribution in [2.75, 3.05) is 0 Å². The van der Waals surface area contributed by atoms with Gasteiger partial charge in [0.05, 0.1) is 11.1 Å². The molecule has 0 heterocycles. The molecule has 0 saturated heterocycles. The van der Waals surface area contributed by atoms with E-state index in [-0.39, 0.29) is 0 Å². The molecule has 0 aliphatic heterocycles. The minimum atomic E-state index is 0.341. The van der Waals surface area contributed by atoms with Crippen LogP contribution in [0.2, 0.25) is 10.0 Å². The molecule has 0 amide bonds. The van der Waals surface area contributed by atoms with E-state index in [2.05, 4.69) is 0 Å². The Bertz CT molecular complexity index is 319. The molecule has 0 N–H and O–H groups in total. The topological polar surface area (TPSA) is 9.23 Å². The van der Waals surface area contributed by atoms with Crippen molar-refractivity contribution in [3.05, 3.63) is 28.2 Å². The predicted molar refractivity (Wildman–Crippen MR) is 59.3 cm³/mol. The van der Waals surface area contributed by atoms with Crippen LogP contribution in [-0.2, 0) is 0 Å². The first-order valence-electron chi connectivity index (χ1n) is 4.87. The summed E-state index contributed by atoms with van der Waals surface area (Å²) in [6.07, 6.45) is 5.14. The van der Waals surface area contributed by atoms with Gasteiger partial charge in [-0.2, -0.15) is 0 Å². The first-order valence-corrected chi connectivity index (χ1v) is 5.63. The van der Waals surface area contributed by atoms with Gasteiger partial charge in [0.15, 0.2) is 0 Å². The summed E-state index contributed by atoms with van der Waals surface area (Å²) in [5.41, 5.74) is 0. The molecule has 1 aromatic rings. The first kappa shape index (κ1) is 10.1. The summed E-state index contributed by atoms with van der Waals surface area (Å²) >= 11 is 11.8. The van der Waals surface area contributed by atoms with Crippen molar-refractivity contribution in [3.63, 3.8) is 0 Å². The van der Waals surface area contributed by atoms with E-state index in [0.717, 1.165) is 18.6 Å². The van der Waals surface area contributed by atoms with E-state index in [1.54, 1.807) is 12.1 Å². The maximum absolute atomic E-state index is 6.00. The average Bonchev–Trinajstić information content (AvgIpc) is 2.62. The van der Waals surface area contributed by atoms with E-state index < -0.39 is 0 Å². The van der Waals surface area contributed by atoms with Crippen molar-refractivity contribution in [2.24, 2.45) is 0 Å². The van der Waals surface area contributed by atoms with E-state index in [0.29, 0.717) is 16.1 Å². The molecule has 1 aliphatic carbocycles.